The van der Waals surface area contributed by atoms with Crippen molar-refractivity contribution in [3.05, 3.63) is 12.0 Å². The van der Waals surface area contributed by atoms with Gasteiger partial charge in [0, 0.05) is 0 Å². The maximum absolute atomic E-state index is 11.1. The van der Waals surface area contributed by atoms with Crippen LogP contribution in [0, 0.1) is 12.3 Å². The lowest BCUT2D eigenvalue weighted by molar-refractivity contribution is 0.0519. The van der Waals surface area contributed by atoms with Crippen LogP contribution in [0.5, 0.6) is 0 Å². The van der Waals surface area contributed by atoms with Gasteiger partial charge in [-0.15, -0.1) is 6.42 Å². The molecule has 0 saturated heterocycles. The lowest BCUT2D eigenvalue weighted by Gasteiger charge is -1.95. The fourth-order valence-corrected chi connectivity index (χ4v) is 0.780. The average Bonchev–Trinajstić information content (AvgIpc) is 2.63. The summed E-state index contributed by atoms with van der Waals surface area (Å²) in [5.41, 5.74) is 0.131. The Bertz CT molecular complexity index is 351. The summed E-state index contributed by atoms with van der Waals surface area (Å²) in [6.45, 7) is 2.32. The maximum Gasteiger partial charge on any atom is 0.360 e. The number of terminal acetylenes is 1. The van der Waals surface area contributed by atoms with Gasteiger partial charge in [0.05, 0.1) is 13.2 Å². The van der Waals surface area contributed by atoms with Crippen molar-refractivity contribution in [3.63, 3.8) is 0 Å². The molecule has 1 N–H and O–H groups in total. The van der Waals surface area contributed by atoms with Crippen LogP contribution in [0.2, 0.25) is 0 Å². The fraction of sp³-hybridized carbons (Fsp3) is 0.333. The van der Waals surface area contributed by atoms with Crippen LogP contribution in [0.15, 0.2) is 10.7 Å². The van der Waals surface area contributed by atoms with E-state index in [-0.39, 0.29) is 11.7 Å². The van der Waals surface area contributed by atoms with Crippen molar-refractivity contribution in [3.8, 4) is 12.3 Å². The van der Waals surface area contributed by atoms with E-state index < -0.39 is 5.97 Å². The molecule has 14 heavy (non-hydrogen) atoms. The van der Waals surface area contributed by atoms with Gasteiger partial charge in [0.25, 0.3) is 6.01 Å². The normalized spacial score (nSPS) is 9.14. The largest absolute Gasteiger partial charge is 0.461 e. The Morgan fingerprint density at radius 1 is 1.86 bits per heavy atom. The van der Waals surface area contributed by atoms with Gasteiger partial charge in [-0.05, 0) is 6.92 Å². The Morgan fingerprint density at radius 3 is 3.29 bits per heavy atom. The molecule has 0 aromatic carbocycles. The summed E-state index contributed by atoms with van der Waals surface area (Å²) in [6, 6.07) is 0.214. The minimum absolute atomic E-state index is 0.131. The first-order valence-electron chi connectivity index (χ1n) is 4.08. The topological polar surface area (TPSA) is 64.4 Å². The van der Waals surface area contributed by atoms with Gasteiger partial charge in [-0.2, -0.15) is 4.98 Å². The van der Waals surface area contributed by atoms with Crippen LogP contribution in [-0.2, 0) is 4.74 Å². The standard InChI is InChI=1S/C9H10N2O3/c1-3-5-10-9-11-7(6-14-9)8(12)13-4-2/h1,6H,4-5H2,2H3,(H,10,11). The minimum Gasteiger partial charge on any atom is -0.461 e. The van der Waals surface area contributed by atoms with Crippen LogP contribution in [0.25, 0.3) is 0 Å². The number of aromatic nitrogens is 1. The van der Waals surface area contributed by atoms with Gasteiger partial charge >= 0.3 is 5.97 Å². The lowest BCUT2D eigenvalue weighted by atomic mass is 10.5. The van der Waals surface area contributed by atoms with Gasteiger partial charge in [-0.25, -0.2) is 4.79 Å². The van der Waals surface area contributed by atoms with Crippen molar-refractivity contribution in [2.45, 2.75) is 6.92 Å². The number of carbonyl (C=O) groups excluding carboxylic acids is 1. The molecule has 0 spiro atoms. The summed E-state index contributed by atoms with van der Waals surface area (Å²) in [7, 11) is 0. The smallest absolute Gasteiger partial charge is 0.360 e. The van der Waals surface area contributed by atoms with Crippen molar-refractivity contribution in [1.82, 2.24) is 4.98 Å². The number of oxazole rings is 1. The summed E-state index contributed by atoms with van der Waals surface area (Å²) in [5.74, 6) is 1.84. The SMILES string of the molecule is C#CCNc1nc(C(=O)OCC)co1. The first-order valence-corrected chi connectivity index (χ1v) is 4.08. The van der Waals surface area contributed by atoms with Crippen molar-refractivity contribution in [1.29, 1.82) is 0 Å². The highest BCUT2D eigenvalue weighted by Crippen LogP contribution is 2.07. The van der Waals surface area contributed by atoms with Crippen LogP contribution < -0.4 is 5.32 Å². The number of hydrogen-bond acceptors (Lipinski definition) is 5. The Labute approximate surface area is 81.5 Å². The number of hydrogen-bond donors (Lipinski definition) is 1. The molecule has 0 radical (unpaired) electrons. The highest BCUT2D eigenvalue weighted by atomic mass is 16.5. The fourth-order valence-electron chi connectivity index (χ4n) is 0.780. The van der Waals surface area contributed by atoms with Crippen LogP contribution in [0.4, 0.5) is 6.01 Å². The molecular weight excluding hydrogens is 184 g/mol. The van der Waals surface area contributed by atoms with Crippen LogP contribution in [0.1, 0.15) is 17.4 Å². The quantitative estimate of drug-likeness (QED) is 0.569. The molecule has 0 fully saturated rings. The molecule has 0 atom stereocenters. The third kappa shape index (κ3) is 2.52. The monoisotopic (exact) mass is 194 g/mol. The lowest BCUT2D eigenvalue weighted by Crippen LogP contribution is -2.05. The molecule has 5 heteroatoms. The van der Waals surface area contributed by atoms with E-state index in [4.69, 9.17) is 15.6 Å². The summed E-state index contributed by atoms with van der Waals surface area (Å²) in [4.78, 5) is 14.9. The van der Waals surface area contributed by atoms with Crippen molar-refractivity contribution >= 4 is 12.0 Å². The zero-order valence-electron chi connectivity index (χ0n) is 7.74. The predicted octanol–water partition coefficient (Wildman–Crippen LogP) is 0.896. The molecule has 0 aliphatic rings. The number of nitrogens with one attached hydrogen (secondary N) is 1. The molecule has 0 saturated carbocycles. The van der Waals surface area contributed by atoms with E-state index >= 15 is 0 Å². The van der Waals surface area contributed by atoms with Gasteiger partial charge in [0.1, 0.15) is 6.26 Å². The van der Waals surface area contributed by atoms with Crippen molar-refractivity contribution in [2.75, 3.05) is 18.5 Å². The highest BCUT2D eigenvalue weighted by molar-refractivity contribution is 5.87. The molecular formula is C9H10N2O3. The Morgan fingerprint density at radius 2 is 2.64 bits per heavy atom. The van der Waals surface area contributed by atoms with E-state index in [1.54, 1.807) is 6.92 Å². The summed E-state index contributed by atoms with van der Waals surface area (Å²) >= 11 is 0. The Balaban J connectivity index is 2.59. The van der Waals surface area contributed by atoms with E-state index in [2.05, 4.69) is 16.2 Å². The average molecular weight is 194 g/mol. The van der Waals surface area contributed by atoms with E-state index in [0.29, 0.717) is 13.2 Å². The minimum atomic E-state index is -0.509. The molecule has 1 aromatic rings. The zero-order chi connectivity index (χ0) is 10.4. The van der Waals surface area contributed by atoms with Gasteiger partial charge in [-0.1, -0.05) is 5.92 Å². The summed E-state index contributed by atoms with van der Waals surface area (Å²) in [6.07, 6.45) is 6.24. The van der Waals surface area contributed by atoms with E-state index in [1.807, 2.05) is 0 Å². The molecule has 1 heterocycles. The third-order valence-electron chi connectivity index (χ3n) is 1.33. The van der Waals surface area contributed by atoms with E-state index in [9.17, 15) is 4.79 Å². The van der Waals surface area contributed by atoms with Crippen LogP contribution >= 0.6 is 0 Å². The van der Waals surface area contributed by atoms with Crippen molar-refractivity contribution < 1.29 is 13.9 Å². The number of anilines is 1. The second-order valence-electron chi connectivity index (χ2n) is 2.32. The van der Waals surface area contributed by atoms with Gasteiger partial charge in [-0.3, -0.25) is 0 Å². The predicted molar refractivity (Wildman–Crippen MR) is 49.8 cm³/mol. The highest BCUT2D eigenvalue weighted by Gasteiger charge is 2.12. The number of ether oxygens (including phenoxy) is 1. The molecule has 0 bridgehead atoms. The number of nitrogens with zero attached hydrogens (tertiary/aromatic N) is 1. The van der Waals surface area contributed by atoms with Gasteiger partial charge < -0.3 is 14.5 Å². The second kappa shape index (κ2) is 4.92. The number of esters is 1. The molecule has 74 valence electrons. The Hall–Kier alpha value is -1.96. The first kappa shape index (κ1) is 10.1. The summed E-state index contributed by atoms with van der Waals surface area (Å²) < 4.78 is 9.63. The molecule has 0 aliphatic heterocycles. The van der Waals surface area contributed by atoms with Gasteiger partial charge in [0.2, 0.25) is 0 Å². The molecule has 1 rings (SSSR count). The van der Waals surface area contributed by atoms with Gasteiger partial charge in [0.15, 0.2) is 5.69 Å². The zero-order valence-corrected chi connectivity index (χ0v) is 7.74. The number of carbonyl (C=O) groups is 1. The molecule has 1 aromatic heterocycles. The Kier molecular flexibility index (Phi) is 3.56. The third-order valence-corrected chi connectivity index (χ3v) is 1.33. The first-order chi connectivity index (χ1) is 6.77. The van der Waals surface area contributed by atoms with E-state index in [1.165, 1.54) is 6.26 Å². The van der Waals surface area contributed by atoms with Crippen LogP contribution in [-0.4, -0.2) is 24.1 Å². The van der Waals surface area contributed by atoms with E-state index in [0.717, 1.165) is 0 Å². The summed E-state index contributed by atoms with van der Waals surface area (Å²) in [5, 5.41) is 2.69. The maximum atomic E-state index is 11.1. The van der Waals surface area contributed by atoms with Crippen LogP contribution in [0.3, 0.4) is 0 Å². The van der Waals surface area contributed by atoms with Crippen molar-refractivity contribution in [2.24, 2.45) is 0 Å². The molecule has 0 unspecified atom stereocenters. The second-order valence-corrected chi connectivity index (χ2v) is 2.32. The molecule has 0 amide bonds. The molecule has 0 aliphatic carbocycles. The molecule has 5 nitrogen and oxygen atoms in total. The number of rotatable bonds is 4.